The van der Waals surface area contributed by atoms with E-state index in [1.54, 1.807) is 0 Å². The number of rotatable bonds is 5. The summed E-state index contributed by atoms with van der Waals surface area (Å²) >= 11 is 0. The monoisotopic (exact) mass is 338 g/mol. The summed E-state index contributed by atoms with van der Waals surface area (Å²) in [4.78, 5) is 18.8. The van der Waals surface area contributed by atoms with Gasteiger partial charge in [0.1, 0.15) is 0 Å². The van der Waals surface area contributed by atoms with Gasteiger partial charge in [-0.15, -0.1) is 0 Å². The van der Waals surface area contributed by atoms with Crippen LogP contribution >= 0.6 is 0 Å². The highest BCUT2D eigenvalue weighted by atomic mass is 16.3. The molecule has 1 aromatic heterocycles. The van der Waals surface area contributed by atoms with Gasteiger partial charge in [0.2, 0.25) is 5.91 Å². The summed E-state index contributed by atoms with van der Waals surface area (Å²) < 4.78 is 0. The van der Waals surface area contributed by atoms with Crippen molar-refractivity contribution >= 4 is 16.8 Å². The third-order valence-corrected chi connectivity index (χ3v) is 6.03. The number of β-amino-alcohol motifs (C(OH)–C–C–N with tert-alkyl or cyclic N) is 1. The number of hydrogen-bond acceptors (Lipinski definition) is 3. The molecule has 2 heterocycles. The minimum absolute atomic E-state index is 0.103. The maximum absolute atomic E-state index is 12.5. The topological polar surface area (TPSA) is 53.4 Å². The van der Waals surface area contributed by atoms with E-state index in [1.165, 1.54) is 18.4 Å². The number of pyridine rings is 1. The molecule has 2 aromatic rings. The van der Waals surface area contributed by atoms with Crippen molar-refractivity contribution in [3.05, 3.63) is 42.1 Å². The largest absolute Gasteiger partial charge is 0.391 e. The molecule has 2 unspecified atom stereocenters. The number of benzene rings is 1. The third-order valence-electron chi connectivity index (χ3n) is 6.03. The molecule has 4 heteroatoms. The Balaban J connectivity index is 1.42. The molecule has 0 radical (unpaired) electrons. The van der Waals surface area contributed by atoms with Gasteiger partial charge in [0.15, 0.2) is 0 Å². The SMILES string of the molecule is CC1(CCC(=O)N2CC(O)C(Cc3ccnc4ccccc34)C2)CC1. The van der Waals surface area contributed by atoms with E-state index in [4.69, 9.17) is 0 Å². The van der Waals surface area contributed by atoms with Crippen molar-refractivity contribution in [1.29, 1.82) is 0 Å². The van der Waals surface area contributed by atoms with Crippen molar-refractivity contribution in [3.63, 3.8) is 0 Å². The van der Waals surface area contributed by atoms with Crippen molar-refractivity contribution < 1.29 is 9.90 Å². The van der Waals surface area contributed by atoms with Gasteiger partial charge in [-0.25, -0.2) is 0 Å². The van der Waals surface area contributed by atoms with Crippen LogP contribution in [-0.2, 0) is 11.2 Å². The van der Waals surface area contributed by atoms with Gasteiger partial charge in [-0.05, 0) is 48.8 Å². The number of aliphatic hydroxyl groups is 1. The van der Waals surface area contributed by atoms with E-state index in [2.05, 4.69) is 18.0 Å². The summed E-state index contributed by atoms with van der Waals surface area (Å²) in [7, 11) is 0. The average Bonchev–Trinajstić information content (AvgIpc) is 3.25. The van der Waals surface area contributed by atoms with Gasteiger partial charge >= 0.3 is 0 Å². The smallest absolute Gasteiger partial charge is 0.222 e. The lowest BCUT2D eigenvalue weighted by atomic mass is 9.94. The standard InChI is InChI=1S/C21H26N2O2/c1-21(9-10-21)8-6-20(25)23-13-16(19(24)14-23)12-15-7-11-22-18-5-3-2-4-17(15)18/h2-5,7,11,16,19,24H,6,8-10,12-14H2,1H3. The molecule has 4 rings (SSSR count). The highest BCUT2D eigenvalue weighted by Crippen LogP contribution is 2.49. The van der Waals surface area contributed by atoms with E-state index >= 15 is 0 Å². The summed E-state index contributed by atoms with van der Waals surface area (Å²) in [5, 5.41) is 11.6. The van der Waals surface area contributed by atoms with Crippen LogP contribution in [0.3, 0.4) is 0 Å². The Bertz CT molecular complexity index is 779. The Hall–Kier alpha value is -1.94. The molecule has 1 aliphatic carbocycles. The molecule has 4 nitrogen and oxygen atoms in total. The van der Waals surface area contributed by atoms with Crippen molar-refractivity contribution in [1.82, 2.24) is 9.88 Å². The average molecular weight is 338 g/mol. The number of likely N-dealkylation sites (tertiary alicyclic amines) is 1. The number of carbonyl (C=O) groups excluding carboxylic acids is 1. The number of amides is 1. The van der Waals surface area contributed by atoms with Crippen molar-refractivity contribution in [2.24, 2.45) is 11.3 Å². The predicted octanol–water partition coefficient (Wildman–Crippen LogP) is 3.18. The number of carbonyl (C=O) groups is 1. The molecule has 132 valence electrons. The molecule has 0 spiro atoms. The number of para-hydroxylation sites is 1. The van der Waals surface area contributed by atoms with Crippen molar-refractivity contribution in [2.45, 2.75) is 45.1 Å². The zero-order valence-electron chi connectivity index (χ0n) is 14.8. The van der Waals surface area contributed by atoms with E-state index in [-0.39, 0.29) is 11.8 Å². The van der Waals surface area contributed by atoms with Crippen LogP contribution in [0.15, 0.2) is 36.5 Å². The molecule has 1 saturated heterocycles. The highest BCUT2D eigenvalue weighted by molar-refractivity contribution is 5.82. The quantitative estimate of drug-likeness (QED) is 0.911. The van der Waals surface area contributed by atoms with Crippen LogP contribution < -0.4 is 0 Å². The first-order valence-electron chi connectivity index (χ1n) is 9.33. The second-order valence-electron chi connectivity index (χ2n) is 8.13. The molecular weight excluding hydrogens is 312 g/mol. The molecule has 1 N–H and O–H groups in total. The van der Waals surface area contributed by atoms with Crippen LogP contribution in [0.1, 0.15) is 38.2 Å². The van der Waals surface area contributed by atoms with Crippen LogP contribution in [0.2, 0.25) is 0 Å². The first-order chi connectivity index (χ1) is 12.0. The Morgan fingerprint density at radius 3 is 2.88 bits per heavy atom. The van der Waals surface area contributed by atoms with E-state index in [9.17, 15) is 9.90 Å². The van der Waals surface area contributed by atoms with Crippen molar-refractivity contribution in [2.75, 3.05) is 13.1 Å². The van der Waals surface area contributed by atoms with Gasteiger partial charge in [-0.1, -0.05) is 25.1 Å². The second kappa shape index (κ2) is 6.41. The molecule has 0 bridgehead atoms. The third kappa shape index (κ3) is 3.54. The molecule has 1 aliphatic heterocycles. The Kier molecular flexibility index (Phi) is 4.24. The lowest BCUT2D eigenvalue weighted by Crippen LogP contribution is -2.29. The van der Waals surface area contributed by atoms with Gasteiger partial charge in [0.25, 0.3) is 0 Å². The van der Waals surface area contributed by atoms with Gasteiger partial charge < -0.3 is 10.0 Å². The molecular formula is C21H26N2O2. The van der Waals surface area contributed by atoms with Gasteiger partial charge in [0, 0.05) is 37.0 Å². The maximum Gasteiger partial charge on any atom is 0.222 e. The number of aromatic nitrogens is 1. The molecule has 2 fully saturated rings. The highest BCUT2D eigenvalue weighted by Gasteiger charge is 2.39. The van der Waals surface area contributed by atoms with E-state index in [0.717, 1.165) is 23.7 Å². The zero-order valence-corrected chi connectivity index (χ0v) is 14.8. The van der Waals surface area contributed by atoms with E-state index < -0.39 is 6.10 Å². The molecule has 2 aliphatic rings. The van der Waals surface area contributed by atoms with Gasteiger partial charge in [0.05, 0.1) is 11.6 Å². The van der Waals surface area contributed by atoms with Crippen LogP contribution in [0, 0.1) is 11.3 Å². The summed E-state index contributed by atoms with van der Waals surface area (Å²) in [6, 6.07) is 10.1. The molecule has 1 aromatic carbocycles. The van der Waals surface area contributed by atoms with Gasteiger partial charge in [-0.3, -0.25) is 9.78 Å². The summed E-state index contributed by atoms with van der Waals surface area (Å²) in [6.07, 6.45) is 6.28. The minimum Gasteiger partial charge on any atom is -0.391 e. The summed E-state index contributed by atoms with van der Waals surface area (Å²) in [6.45, 7) is 3.40. The molecule has 25 heavy (non-hydrogen) atoms. The molecule has 1 amide bonds. The summed E-state index contributed by atoms with van der Waals surface area (Å²) in [5.41, 5.74) is 2.59. The molecule has 2 atom stereocenters. The van der Waals surface area contributed by atoms with E-state index in [0.29, 0.717) is 24.9 Å². The Labute approximate surface area is 148 Å². The predicted molar refractivity (Wildman–Crippen MR) is 98.1 cm³/mol. The minimum atomic E-state index is -0.438. The number of hydrogen-bond donors (Lipinski definition) is 1. The number of fused-ring (bicyclic) bond motifs is 1. The van der Waals surface area contributed by atoms with Crippen LogP contribution in [0.5, 0.6) is 0 Å². The number of aliphatic hydroxyl groups excluding tert-OH is 1. The normalized spacial score (nSPS) is 24.6. The lowest BCUT2D eigenvalue weighted by molar-refractivity contribution is -0.130. The molecule has 1 saturated carbocycles. The summed E-state index contributed by atoms with van der Waals surface area (Å²) in [5.74, 6) is 0.306. The fourth-order valence-corrected chi connectivity index (χ4v) is 3.90. The van der Waals surface area contributed by atoms with Crippen LogP contribution in [0.4, 0.5) is 0 Å². The van der Waals surface area contributed by atoms with Gasteiger partial charge in [-0.2, -0.15) is 0 Å². The van der Waals surface area contributed by atoms with Crippen LogP contribution in [-0.4, -0.2) is 40.1 Å². The van der Waals surface area contributed by atoms with Crippen LogP contribution in [0.25, 0.3) is 10.9 Å². The fourth-order valence-electron chi connectivity index (χ4n) is 3.90. The first-order valence-corrected chi connectivity index (χ1v) is 9.33. The first kappa shape index (κ1) is 16.5. The van der Waals surface area contributed by atoms with E-state index in [1.807, 2.05) is 35.4 Å². The zero-order chi connectivity index (χ0) is 17.4. The Morgan fingerprint density at radius 2 is 2.08 bits per heavy atom. The maximum atomic E-state index is 12.5. The second-order valence-corrected chi connectivity index (χ2v) is 8.13. The van der Waals surface area contributed by atoms with Crippen molar-refractivity contribution in [3.8, 4) is 0 Å². The fraction of sp³-hybridized carbons (Fsp3) is 0.524. The lowest BCUT2D eigenvalue weighted by Gasteiger charge is -2.17. The number of nitrogens with zero attached hydrogens (tertiary/aromatic N) is 2. The Morgan fingerprint density at radius 1 is 1.28 bits per heavy atom.